The molecule has 0 aromatic heterocycles. The van der Waals surface area contributed by atoms with Gasteiger partial charge >= 0.3 is 0 Å². The third-order valence-electron chi connectivity index (χ3n) is 3.32. The minimum atomic E-state index is -0.632. The van der Waals surface area contributed by atoms with Gasteiger partial charge in [-0.3, -0.25) is 4.79 Å². The summed E-state index contributed by atoms with van der Waals surface area (Å²) in [6.45, 7) is 3.45. The predicted octanol–water partition coefficient (Wildman–Crippen LogP) is 3.55. The second-order valence-electron chi connectivity index (χ2n) is 4.93. The maximum absolute atomic E-state index is 13.8. The van der Waals surface area contributed by atoms with Crippen molar-refractivity contribution >= 4 is 11.6 Å². The van der Waals surface area contributed by atoms with Gasteiger partial charge in [0.15, 0.2) is 0 Å². The van der Waals surface area contributed by atoms with Crippen molar-refractivity contribution in [2.75, 3.05) is 5.32 Å². The molecule has 2 rings (SSSR count). The van der Waals surface area contributed by atoms with Crippen molar-refractivity contribution in [2.45, 2.75) is 19.9 Å². The Morgan fingerprint density at radius 1 is 1.14 bits per heavy atom. The van der Waals surface area contributed by atoms with Crippen molar-refractivity contribution in [3.05, 3.63) is 64.7 Å². The largest absolute Gasteiger partial charge is 0.376 e. The van der Waals surface area contributed by atoms with Gasteiger partial charge < -0.3 is 11.1 Å². The molecule has 3 N–H and O–H groups in total. The van der Waals surface area contributed by atoms with Crippen LogP contribution in [0.25, 0.3) is 0 Å². The lowest BCUT2D eigenvalue weighted by atomic mass is 10.1. The highest BCUT2D eigenvalue weighted by atomic mass is 19.1. The van der Waals surface area contributed by atoms with Crippen LogP contribution in [0.4, 0.5) is 14.5 Å². The maximum atomic E-state index is 13.8. The van der Waals surface area contributed by atoms with Crippen LogP contribution in [-0.2, 0) is 0 Å². The van der Waals surface area contributed by atoms with E-state index in [1.807, 2.05) is 0 Å². The second kappa shape index (κ2) is 5.91. The van der Waals surface area contributed by atoms with Crippen molar-refractivity contribution in [1.82, 2.24) is 0 Å². The Morgan fingerprint density at radius 2 is 1.86 bits per heavy atom. The molecule has 0 bridgehead atoms. The Labute approximate surface area is 121 Å². The molecule has 0 aliphatic heterocycles. The van der Waals surface area contributed by atoms with Crippen LogP contribution in [-0.4, -0.2) is 5.91 Å². The second-order valence-corrected chi connectivity index (χ2v) is 4.93. The molecular formula is C16H16F2N2O. The summed E-state index contributed by atoms with van der Waals surface area (Å²) < 4.78 is 27.3. The minimum Gasteiger partial charge on any atom is -0.376 e. The molecule has 1 amide bonds. The van der Waals surface area contributed by atoms with Crippen molar-refractivity contribution in [3.63, 3.8) is 0 Å². The molecule has 0 saturated heterocycles. The molecule has 0 aliphatic carbocycles. The number of hydrogen-bond acceptors (Lipinski definition) is 2. The fraction of sp³-hybridized carbons (Fsp3) is 0.188. The Bertz CT molecular complexity index is 686. The van der Waals surface area contributed by atoms with E-state index in [-0.39, 0.29) is 23.1 Å². The highest BCUT2D eigenvalue weighted by Crippen LogP contribution is 2.24. The Hall–Kier alpha value is -2.43. The monoisotopic (exact) mass is 290 g/mol. The standard InChI is InChI=1S/C16H16F2N2O/c1-9-3-4-11(7-14(9)18)10(2)20-15-8-12(16(19)21)5-6-13(15)17/h3-8,10,20H,1-2H3,(H2,19,21). The number of aryl methyl sites for hydroxylation is 1. The zero-order chi connectivity index (χ0) is 15.6. The van der Waals surface area contributed by atoms with E-state index < -0.39 is 11.7 Å². The Balaban J connectivity index is 2.26. The molecule has 1 atom stereocenters. The molecule has 2 aromatic carbocycles. The Morgan fingerprint density at radius 3 is 2.48 bits per heavy atom. The van der Waals surface area contributed by atoms with Gasteiger partial charge in [0.2, 0.25) is 5.91 Å². The van der Waals surface area contributed by atoms with Gasteiger partial charge in [-0.1, -0.05) is 12.1 Å². The molecule has 2 aromatic rings. The molecule has 110 valence electrons. The smallest absolute Gasteiger partial charge is 0.248 e. The number of primary amides is 1. The first-order valence-electron chi connectivity index (χ1n) is 6.50. The number of nitrogens with one attached hydrogen (secondary N) is 1. The summed E-state index contributed by atoms with van der Waals surface area (Å²) in [6.07, 6.45) is 0. The van der Waals surface area contributed by atoms with E-state index in [2.05, 4.69) is 5.32 Å². The molecule has 3 nitrogen and oxygen atoms in total. The maximum Gasteiger partial charge on any atom is 0.248 e. The van der Waals surface area contributed by atoms with Gasteiger partial charge in [0.25, 0.3) is 0 Å². The summed E-state index contributed by atoms with van der Waals surface area (Å²) in [5, 5.41) is 2.92. The number of rotatable bonds is 4. The van der Waals surface area contributed by atoms with Crippen molar-refractivity contribution in [1.29, 1.82) is 0 Å². The normalized spacial score (nSPS) is 12.0. The van der Waals surface area contributed by atoms with E-state index in [0.717, 1.165) is 0 Å². The molecule has 0 spiro atoms. The molecule has 1 unspecified atom stereocenters. The van der Waals surface area contributed by atoms with Crippen LogP contribution in [0.2, 0.25) is 0 Å². The van der Waals surface area contributed by atoms with Crippen LogP contribution in [0.5, 0.6) is 0 Å². The van der Waals surface area contributed by atoms with Crippen LogP contribution in [0.1, 0.15) is 34.5 Å². The summed E-state index contributed by atoms with van der Waals surface area (Å²) in [4.78, 5) is 11.1. The molecule has 0 aliphatic rings. The van der Waals surface area contributed by atoms with Gasteiger partial charge in [-0.15, -0.1) is 0 Å². The summed E-state index contributed by atoms with van der Waals surface area (Å²) in [7, 11) is 0. The van der Waals surface area contributed by atoms with Crippen molar-refractivity contribution in [3.8, 4) is 0 Å². The molecule has 0 radical (unpaired) electrons. The fourth-order valence-electron chi connectivity index (χ4n) is 1.98. The number of anilines is 1. The van der Waals surface area contributed by atoms with E-state index in [1.54, 1.807) is 26.0 Å². The van der Waals surface area contributed by atoms with Crippen molar-refractivity contribution < 1.29 is 13.6 Å². The SMILES string of the molecule is Cc1ccc(C(C)Nc2cc(C(N)=O)ccc2F)cc1F. The van der Waals surface area contributed by atoms with Gasteiger partial charge in [0, 0.05) is 11.6 Å². The predicted molar refractivity (Wildman–Crippen MR) is 78.1 cm³/mol. The van der Waals surface area contributed by atoms with Crippen LogP contribution in [0.15, 0.2) is 36.4 Å². The molecule has 0 heterocycles. The first-order valence-corrected chi connectivity index (χ1v) is 6.50. The van der Waals surface area contributed by atoms with E-state index in [0.29, 0.717) is 11.1 Å². The highest BCUT2D eigenvalue weighted by Gasteiger charge is 2.12. The van der Waals surface area contributed by atoms with Crippen molar-refractivity contribution in [2.24, 2.45) is 5.73 Å². The number of carbonyl (C=O) groups excluding carboxylic acids is 1. The van der Waals surface area contributed by atoms with E-state index in [1.165, 1.54) is 24.3 Å². The first-order chi connectivity index (χ1) is 9.88. The third kappa shape index (κ3) is 3.37. The fourth-order valence-corrected chi connectivity index (χ4v) is 1.98. The molecule has 0 saturated carbocycles. The minimum absolute atomic E-state index is 0.153. The van der Waals surface area contributed by atoms with E-state index in [4.69, 9.17) is 5.73 Å². The molecule has 5 heteroatoms. The summed E-state index contributed by atoms with van der Waals surface area (Å²) in [6, 6.07) is 8.36. The lowest BCUT2D eigenvalue weighted by Crippen LogP contribution is -2.13. The van der Waals surface area contributed by atoms with Gasteiger partial charge in [-0.2, -0.15) is 0 Å². The van der Waals surface area contributed by atoms with Gasteiger partial charge in [-0.05, 0) is 49.2 Å². The summed E-state index contributed by atoms with van der Waals surface area (Å²) in [5.41, 5.74) is 6.77. The number of halogens is 2. The van der Waals surface area contributed by atoms with Gasteiger partial charge in [0.05, 0.1) is 5.69 Å². The quantitative estimate of drug-likeness (QED) is 0.904. The van der Waals surface area contributed by atoms with E-state index in [9.17, 15) is 13.6 Å². The molecular weight excluding hydrogens is 274 g/mol. The van der Waals surface area contributed by atoms with Crippen LogP contribution < -0.4 is 11.1 Å². The highest BCUT2D eigenvalue weighted by molar-refractivity contribution is 5.93. The molecule has 0 fully saturated rings. The first kappa shape index (κ1) is 15.0. The van der Waals surface area contributed by atoms with Gasteiger partial charge in [0.1, 0.15) is 11.6 Å². The zero-order valence-electron chi connectivity index (χ0n) is 11.8. The van der Waals surface area contributed by atoms with Crippen LogP contribution >= 0.6 is 0 Å². The average molecular weight is 290 g/mol. The number of amides is 1. The number of carbonyl (C=O) groups is 1. The van der Waals surface area contributed by atoms with E-state index >= 15 is 0 Å². The lowest BCUT2D eigenvalue weighted by molar-refractivity contribution is 0.100. The topological polar surface area (TPSA) is 55.1 Å². The third-order valence-corrected chi connectivity index (χ3v) is 3.32. The van der Waals surface area contributed by atoms with Crippen LogP contribution in [0.3, 0.4) is 0 Å². The summed E-state index contributed by atoms with van der Waals surface area (Å²) in [5.74, 6) is -1.45. The Kier molecular flexibility index (Phi) is 4.21. The number of hydrogen-bond donors (Lipinski definition) is 2. The van der Waals surface area contributed by atoms with Crippen LogP contribution in [0, 0.1) is 18.6 Å². The van der Waals surface area contributed by atoms with Gasteiger partial charge in [-0.25, -0.2) is 8.78 Å². The summed E-state index contributed by atoms with van der Waals surface area (Å²) >= 11 is 0. The molecule has 21 heavy (non-hydrogen) atoms. The number of nitrogens with two attached hydrogens (primary N) is 1. The number of benzene rings is 2. The zero-order valence-corrected chi connectivity index (χ0v) is 11.8. The lowest BCUT2D eigenvalue weighted by Gasteiger charge is -2.17. The average Bonchev–Trinajstić information content (AvgIpc) is 2.43.